The summed E-state index contributed by atoms with van der Waals surface area (Å²) >= 11 is 0. The maximum Gasteiger partial charge on any atom is 0.251 e. The molecule has 1 saturated heterocycles. The Bertz CT molecular complexity index is 934. The van der Waals surface area contributed by atoms with Gasteiger partial charge in [-0.25, -0.2) is 12.8 Å². The molecular weight excluding hydrogens is 379 g/mol. The summed E-state index contributed by atoms with van der Waals surface area (Å²) in [7, 11) is -3.64. The molecule has 1 N–H and O–H groups in total. The largest absolute Gasteiger partial charge is 0.348 e. The molecule has 0 bridgehead atoms. The van der Waals surface area contributed by atoms with Gasteiger partial charge in [0.2, 0.25) is 10.0 Å². The van der Waals surface area contributed by atoms with Crippen LogP contribution >= 0.6 is 0 Å². The van der Waals surface area contributed by atoms with Gasteiger partial charge in [0.25, 0.3) is 5.91 Å². The van der Waals surface area contributed by atoms with E-state index in [-0.39, 0.29) is 28.7 Å². The number of piperidine rings is 1. The van der Waals surface area contributed by atoms with E-state index in [1.165, 1.54) is 28.6 Å². The number of rotatable bonds is 5. The van der Waals surface area contributed by atoms with Crippen molar-refractivity contribution < 1.29 is 17.6 Å². The third-order valence-electron chi connectivity index (χ3n) is 4.94. The van der Waals surface area contributed by atoms with Crippen molar-refractivity contribution >= 4 is 15.9 Å². The Labute approximate surface area is 165 Å². The second-order valence-electron chi connectivity index (χ2n) is 7.61. The molecule has 1 aliphatic heterocycles. The molecule has 3 rings (SSSR count). The van der Waals surface area contributed by atoms with E-state index in [9.17, 15) is 17.6 Å². The molecule has 150 valence electrons. The number of nitrogens with one attached hydrogen (secondary N) is 1. The van der Waals surface area contributed by atoms with Crippen LogP contribution in [-0.2, 0) is 16.6 Å². The van der Waals surface area contributed by atoms with E-state index >= 15 is 0 Å². The van der Waals surface area contributed by atoms with E-state index in [1.54, 1.807) is 24.3 Å². The lowest BCUT2D eigenvalue weighted by molar-refractivity contribution is 0.0950. The number of nitrogens with zero attached hydrogens (tertiary/aromatic N) is 1. The van der Waals surface area contributed by atoms with Gasteiger partial charge in [-0.1, -0.05) is 32.0 Å². The van der Waals surface area contributed by atoms with Crippen LogP contribution in [0.5, 0.6) is 0 Å². The van der Waals surface area contributed by atoms with Crippen molar-refractivity contribution in [1.82, 2.24) is 9.62 Å². The molecule has 7 heteroatoms. The fraction of sp³-hybridized carbons (Fsp3) is 0.381. The van der Waals surface area contributed by atoms with E-state index in [0.717, 1.165) is 12.0 Å². The zero-order valence-electron chi connectivity index (χ0n) is 16.1. The van der Waals surface area contributed by atoms with Crippen LogP contribution in [0, 0.1) is 17.7 Å². The second-order valence-corrected chi connectivity index (χ2v) is 9.54. The minimum absolute atomic E-state index is 0.128. The molecular formula is C21H25FN2O3S. The summed E-state index contributed by atoms with van der Waals surface area (Å²) in [6.45, 7) is 5.33. The van der Waals surface area contributed by atoms with Crippen molar-refractivity contribution in [2.24, 2.45) is 11.8 Å². The minimum Gasteiger partial charge on any atom is -0.348 e. The maximum absolute atomic E-state index is 13.0. The van der Waals surface area contributed by atoms with E-state index < -0.39 is 10.0 Å². The first-order chi connectivity index (χ1) is 13.3. The molecule has 2 aromatic carbocycles. The van der Waals surface area contributed by atoms with E-state index in [2.05, 4.69) is 19.2 Å². The highest BCUT2D eigenvalue weighted by Crippen LogP contribution is 2.27. The Morgan fingerprint density at radius 1 is 1.11 bits per heavy atom. The first-order valence-electron chi connectivity index (χ1n) is 9.38. The lowest BCUT2D eigenvalue weighted by atomic mass is 9.94. The van der Waals surface area contributed by atoms with E-state index in [4.69, 9.17) is 0 Å². The number of halogens is 1. The van der Waals surface area contributed by atoms with Crippen LogP contribution in [0.2, 0.25) is 0 Å². The molecule has 0 aromatic heterocycles. The van der Waals surface area contributed by atoms with E-state index in [0.29, 0.717) is 24.9 Å². The quantitative estimate of drug-likeness (QED) is 0.830. The monoisotopic (exact) mass is 404 g/mol. The van der Waals surface area contributed by atoms with Gasteiger partial charge < -0.3 is 5.32 Å². The average molecular weight is 405 g/mol. The van der Waals surface area contributed by atoms with Gasteiger partial charge in [0, 0.05) is 25.2 Å². The van der Waals surface area contributed by atoms with Crippen molar-refractivity contribution in [3.8, 4) is 0 Å². The van der Waals surface area contributed by atoms with Gasteiger partial charge >= 0.3 is 0 Å². The number of carbonyl (C=O) groups excluding carboxylic acids is 1. The Hall–Kier alpha value is -2.25. The van der Waals surface area contributed by atoms with Crippen LogP contribution in [0.3, 0.4) is 0 Å². The van der Waals surface area contributed by atoms with Crippen LogP contribution in [0.15, 0.2) is 53.4 Å². The van der Waals surface area contributed by atoms with Gasteiger partial charge in [-0.05, 0) is 54.2 Å². The predicted molar refractivity (Wildman–Crippen MR) is 106 cm³/mol. The third-order valence-corrected chi connectivity index (χ3v) is 6.76. The van der Waals surface area contributed by atoms with Crippen molar-refractivity contribution in [3.05, 3.63) is 65.5 Å². The standard InChI is InChI=1S/C21H25FN2O3S/c1-15-10-16(2)14-24(13-15)28(26,27)20-5-3-4-18(11-20)21(25)23-12-17-6-8-19(22)9-7-17/h3-9,11,15-16H,10,12-14H2,1-2H3,(H,23,25). The normalized spacial score (nSPS) is 20.7. The van der Waals surface area contributed by atoms with Crippen LogP contribution in [0.1, 0.15) is 36.2 Å². The predicted octanol–water partition coefficient (Wildman–Crippen LogP) is 3.42. The topological polar surface area (TPSA) is 66.5 Å². The molecule has 1 heterocycles. The number of sulfonamides is 1. The molecule has 2 atom stereocenters. The van der Waals surface area contributed by atoms with Gasteiger partial charge in [0.1, 0.15) is 5.82 Å². The second kappa shape index (κ2) is 8.41. The molecule has 5 nitrogen and oxygen atoms in total. The lowest BCUT2D eigenvalue weighted by Gasteiger charge is -2.34. The van der Waals surface area contributed by atoms with Gasteiger partial charge in [-0.3, -0.25) is 4.79 Å². The van der Waals surface area contributed by atoms with Crippen molar-refractivity contribution in [2.45, 2.75) is 31.7 Å². The van der Waals surface area contributed by atoms with Gasteiger partial charge in [0.15, 0.2) is 0 Å². The van der Waals surface area contributed by atoms with Crippen molar-refractivity contribution in [1.29, 1.82) is 0 Å². The number of amides is 1. The van der Waals surface area contributed by atoms with Gasteiger partial charge in [0.05, 0.1) is 4.90 Å². The average Bonchev–Trinajstić information content (AvgIpc) is 2.66. The molecule has 28 heavy (non-hydrogen) atoms. The highest BCUT2D eigenvalue weighted by Gasteiger charge is 2.31. The molecule has 1 fully saturated rings. The number of hydrogen-bond acceptors (Lipinski definition) is 3. The molecule has 1 aliphatic rings. The Morgan fingerprint density at radius 2 is 1.75 bits per heavy atom. The SMILES string of the molecule is CC1CC(C)CN(S(=O)(=O)c2cccc(C(=O)NCc3ccc(F)cc3)c2)C1. The summed E-state index contributed by atoms with van der Waals surface area (Å²) in [6, 6.07) is 11.9. The molecule has 2 aromatic rings. The molecule has 0 radical (unpaired) electrons. The first kappa shape index (κ1) is 20.5. The van der Waals surface area contributed by atoms with Crippen molar-refractivity contribution in [3.63, 3.8) is 0 Å². The highest BCUT2D eigenvalue weighted by molar-refractivity contribution is 7.89. The fourth-order valence-corrected chi connectivity index (χ4v) is 5.36. The third kappa shape index (κ3) is 4.77. The summed E-state index contributed by atoms with van der Waals surface area (Å²) in [5.41, 5.74) is 1.04. The van der Waals surface area contributed by atoms with Crippen LogP contribution < -0.4 is 5.32 Å². The summed E-state index contributed by atoms with van der Waals surface area (Å²) in [6.07, 6.45) is 1.01. The first-order valence-corrected chi connectivity index (χ1v) is 10.8. The van der Waals surface area contributed by atoms with Crippen LogP contribution in [-0.4, -0.2) is 31.7 Å². The smallest absolute Gasteiger partial charge is 0.251 e. The molecule has 1 amide bonds. The van der Waals surface area contributed by atoms with Gasteiger partial charge in [-0.15, -0.1) is 0 Å². The Kier molecular flexibility index (Phi) is 6.15. The summed E-state index contributed by atoms with van der Waals surface area (Å²) < 4.78 is 40.5. The van der Waals surface area contributed by atoms with E-state index in [1.807, 2.05) is 0 Å². The molecule has 0 spiro atoms. The Morgan fingerprint density at radius 3 is 2.39 bits per heavy atom. The fourth-order valence-electron chi connectivity index (χ4n) is 3.64. The summed E-state index contributed by atoms with van der Waals surface area (Å²) in [5.74, 6) is -0.0995. The zero-order valence-corrected chi connectivity index (χ0v) is 16.9. The molecule has 0 saturated carbocycles. The Balaban J connectivity index is 1.73. The molecule has 2 unspecified atom stereocenters. The van der Waals surface area contributed by atoms with Gasteiger partial charge in [-0.2, -0.15) is 4.31 Å². The molecule has 0 aliphatic carbocycles. The number of hydrogen-bond donors (Lipinski definition) is 1. The minimum atomic E-state index is -3.64. The maximum atomic E-state index is 13.0. The lowest BCUT2D eigenvalue weighted by Crippen LogP contribution is -2.42. The summed E-state index contributed by atoms with van der Waals surface area (Å²) in [4.78, 5) is 12.6. The van der Waals surface area contributed by atoms with Crippen LogP contribution in [0.25, 0.3) is 0 Å². The van der Waals surface area contributed by atoms with Crippen LogP contribution in [0.4, 0.5) is 4.39 Å². The van der Waals surface area contributed by atoms with Crippen molar-refractivity contribution in [2.75, 3.05) is 13.1 Å². The highest BCUT2D eigenvalue weighted by atomic mass is 32.2. The number of benzene rings is 2. The summed E-state index contributed by atoms with van der Waals surface area (Å²) in [5, 5.41) is 2.74. The number of carbonyl (C=O) groups is 1. The zero-order chi connectivity index (χ0) is 20.3.